The van der Waals surface area contributed by atoms with Crippen LogP contribution in [0.25, 0.3) is 18.2 Å². The standard InChI is InChI=1S/C22H27BO5.C13H12Br2O5.C13H12O5.C12H11BrO3.2C11H13BrO3.C10H9BrO3.C7H5BrO3.C6H5BrO.C3H4O2.2H2.H/c1-20(2)14-11-16(20)22(5)17(12-14)27-23(28-22)10-9-13-7-6-8-15-18(13)25-21(3,4)26-19(15)24;1-13(2)19-10-7(9(14)11(15)18-6-16)4-3-5-8(10)12(17)20-13;1-13(2)17-11-9(6-7-16-8-14)4-3-5-10(11)12(15)18-13;1-12(2)15-10-8(6-7-13)4-3-5-9(10)11(14)16-12;1-11(2,3)15-10(13)14-9-7-5-4-6-8(9)12;1-2-3-7-15-11(14)8-5-4-6-9(12)10(8)13;1-10(2)13-8-6(9(12)14-10)4-3-5-7(8)11;8-5-3-1-2-4(6(5)9)7(10)11;7-5-3-1-2-4-6(5)8;1-2-3(4)5;;;/h6-10,14,16-17H,11-12H2,1-5H3;3-6,9,11H,1-2H3;3-8H,1-2H3;3-7H,1-2H3;4-7H,1-3H3;4-6,13H,2-3,7H2,1H3;3-5H,1-2H3;1-3,9H,(H,10,11);1-4,8H;2H,1H2,(H,4,5);2*1H;/q;;;;;;;;;;;;-1/b10-9-;;7-6+;7-6-;;;;;;;;;/t14?,16?,17?,22-;;;;;;;;;;;;/m0............/s1/i;;;;;;;;;;2*1+1D;1+1. The van der Waals surface area contributed by atoms with Crippen LogP contribution < -0.4 is 28.4 Å². The summed E-state index contributed by atoms with van der Waals surface area (Å²) in [6.07, 6.45) is 10.9. The van der Waals surface area contributed by atoms with Gasteiger partial charge in [-0.2, -0.15) is 0 Å². The smallest absolute Gasteiger partial charge is 0.514 e. The number of aromatic hydroxyl groups is 3. The van der Waals surface area contributed by atoms with E-state index < -0.39 is 75.6 Å². The number of phenols is 3. The fourth-order valence-corrected chi connectivity index (χ4v) is 18.1. The number of alkyl halides is 2. The lowest BCUT2D eigenvalue weighted by molar-refractivity contribution is -0.199. The number of hydrogen-bond donors (Lipinski definition) is 5. The maximum atomic E-state index is 12.3. The van der Waals surface area contributed by atoms with Crippen molar-refractivity contribution in [2.24, 2.45) is 17.3 Å². The molecule has 150 heavy (non-hydrogen) atoms. The number of halogens is 8. The van der Waals surface area contributed by atoms with Gasteiger partial charge in [-0.05, 0) is 262 Å². The molecule has 4 fully saturated rings. The fourth-order valence-electron chi connectivity index (χ4n) is 15.2. The van der Waals surface area contributed by atoms with Gasteiger partial charge in [-0.15, -0.1) is 0 Å². The number of benzene rings is 9. The Kier molecular flexibility index (Phi) is 43.5. The van der Waals surface area contributed by atoms with E-state index in [1.54, 1.807) is 228 Å². The summed E-state index contributed by atoms with van der Waals surface area (Å²) in [5.74, 6) is -3.27. The third-order valence-corrected chi connectivity index (χ3v) is 27.9. The van der Waals surface area contributed by atoms with E-state index in [0.29, 0.717) is 113 Å². The molecule has 3 aliphatic carbocycles. The summed E-state index contributed by atoms with van der Waals surface area (Å²) in [5.41, 5.74) is 4.70. The Labute approximate surface area is 942 Å². The van der Waals surface area contributed by atoms with Gasteiger partial charge in [-0.3, -0.25) is 9.59 Å². The minimum absolute atomic E-state index is 0. The zero-order valence-electron chi connectivity index (χ0n) is 89.3. The van der Waals surface area contributed by atoms with E-state index in [0.717, 1.165) is 55.8 Å². The molecule has 9 aliphatic rings. The van der Waals surface area contributed by atoms with Crippen LogP contribution in [0, 0.1) is 17.3 Å². The first-order valence-corrected chi connectivity index (χ1v) is 52.6. The number of esters is 6. The molecule has 6 atom stereocenters. The quantitative estimate of drug-likeness (QED) is 0.00650. The second-order valence-corrected chi connectivity index (χ2v) is 43.7. The van der Waals surface area contributed by atoms with Crippen LogP contribution in [0.15, 0.2) is 228 Å². The van der Waals surface area contributed by atoms with Crippen LogP contribution >= 0.6 is 127 Å². The number of ether oxygens (including phenoxy) is 15. The average Bonchev–Trinajstić information content (AvgIpc) is 1.60. The molecule has 42 heteroatoms. The van der Waals surface area contributed by atoms with Crippen molar-refractivity contribution in [1.29, 1.82) is 0 Å². The van der Waals surface area contributed by atoms with E-state index >= 15 is 0 Å². The van der Waals surface area contributed by atoms with Crippen LogP contribution in [-0.2, 0) is 66.3 Å². The highest BCUT2D eigenvalue weighted by Gasteiger charge is 2.67. The number of hydrogen-bond acceptors (Lipinski definition) is 31. The van der Waals surface area contributed by atoms with Gasteiger partial charge >= 0.3 is 61.0 Å². The van der Waals surface area contributed by atoms with Crippen molar-refractivity contribution in [3.63, 3.8) is 0 Å². The van der Waals surface area contributed by atoms with E-state index in [9.17, 15) is 57.8 Å². The number of unbranched alkanes of at least 4 members (excludes halogenated alkanes) is 1. The van der Waals surface area contributed by atoms with Crippen molar-refractivity contribution < 1.29 is 166 Å². The van der Waals surface area contributed by atoms with E-state index in [2.05, 4.69) is 160 Å². The first-order chi connectivity index (χ1) is 72.3. The number of carboxylic acids is 2. The van der Waals surface area contributed by atoms with Crippen LogP contribution in [0.5, 0.6) is 51.7 Å². The molecule has 806 valence electrons. The Morgan fingerprint density at radius 2 is 0.920 bits per heavy atom. The summed E-state index contributed by atoms with van der Waals surface area (Å²) in [5, 5.41) is 43.1. The molecule has 2 bridgehead atoms. The molecule has 0 amide bonds. The molecular formula is C108H116BBr8O33-. The van der Waals surface area contributed by atoms with Crippen LogP contribution in [0.4, 0.5) is 4.79 Å². The zero-order chi connectivity index (χ0) is 116. The number of carbonyl (C=O) groups is 11. The molecule has 0 radical (unpaired) electrons. The molecule has 9 aromatic carbocycles. The van der Waals surface area contributed by atoms with Gasteiger partial charge in [0.25, 0.3) is 12.9 Å². The number of phenolic OH excluding ortho intramolecular Hbond substituents is 2. The summed E-state index contributed by atoms with van der Waals surface area (Å²) < 4.78 is 114. The predicted octanol–water partition coefficient (Wildman–Crippen LogP) is 27.5. The Balaban J connectivity index is 0.000000307. The molecule has 3 saturated carbocycles. The van der Waals surface area contributed by atoms with E-state index in [-0.39, 0.29) is 71.4 Å². The molecule has 0 aromatic heterocycles. The molecule has 33 nitrogen and oxygen atoms in total. The molecule has 5 unspecified atom stereocenters. The van der Waals surface area contributed by atoms with Gasteiger partial charge in [0.1, 0.15) is 90.5 Å². The SMILES string of the molecule is C=CC(=O)O.CC(C)(C)OC(=O)Oc1ccccc1Br.CC1(C)OC(=O)c2cccc(/C=C/OC=O)c2O1.CC1(C)OC(=O)c2cccc(/C=C\B3OC4CC5CC(C5(C)C)[C@]4(C)O3)c2O1.CC1(C)OC(=O)c2cccc(/C=C\Br)c2O1.CC1(C)OC(=O)c2cccc(Br)c2O1.CC1(C)OC(=O)c2cccc(C(Br)C(Br)OC=O)c2O1.CCCCOC(=O)c1cccc(Br)c1O.O=C(O)c1cccc(Br)c1O.Oc1ccccc1Br.[2H-].[2H][2H].[2H][2H]. The normalized spacial score (nSPS) is 18.6. The maximum absolute atomic E-state index is 12.3. The number of aliphatic carboxylic acids is 1. The molecule has 0 spiro atoms. The van der Waals surface area contributed by atoms with Crippen LogP contribution in [0.3, 0.4) is 0 Å². The number of cyclic esters (lactones) is 5. The number of para-hydroxylation sites is 9. The van der Waals surface area contributed by atoms with Gasteiger partial charge < -0.3 is 107 Å². The van der Waals surface area contributed by atoms with Crippen LogP contribution in [0.1, 0.15) is 250 Å². The summed E-state index contributed by atoms with van der Waals surface area (Å²) in [6, 6.07) is 49.8. The number of carbonyl (C=O) groups excluding carboxylic acids is 9. The summed E-state index contributed by atoms with van der Waals surface area (Å²) >= 11 is 25.8. The van der Waals surface area contributed by atoms with Crippen LogP contribution in [-0.4, -0.2) is 157 Å². The lowest BCUT2D eigenvalue weighted by atomic mass is 9.43. The Morgan fingerprint density at radius 3 is 1.35 bits per heavy atom. The maximum Gasteiger partial charge on any atom is 0.514 e. The second kappa shape index (κ2) is 54.4. The van der Waals surface area contributed by atoms with Crippen LogP contribution in [0.2, 0.25) is 0 Å². The number of rotatable bonds is 17. The molecule has 6 heterocycles. The van der Waals surface area contributed by atoms with Crippen molar-refractivity contribution in [3.8, 4) is 51.7 Å². The second-order valence-electron chi connectivity index (χ2n) is 37.0. The molecule has 6 aliphatic heterocycles. The van der Waals surface area contributed by atoms with E-state index in [4.69, 9.17) is 102 Å². The van der Waals surface area contributed by atoms with E-state index in [1.807, 2.05) is 61.4 Å². The fraction of sp³-hybridized carbons (Fsp3) is 0.324. The lowest BCUT2D eigenvalue weighted by Crippen LogP contribution is -2.65. The molecule has 1 saturated heterocycles. The topological polar surface area (TPSA) is 446 Å². The predicted molar refractivity (Wildman–Crippen MR) is 589 cm³/mol. The number of fused-ring (bicyclic) bond motifs is 5. The van der Waals surface area contributed by atoms with Gasteiger partial charge in [0.05, 0.1) is 51.8 Å². The molecule has 18 rings (SSSR count). The lowest BCUT2D eigenvalue weighted by Gasteiger charge is -2.64. The average molecular weight is 2600 g/mol. The van der Waals surface area contributed by atoms with Crippen molar-refractivity contribution in [2.45, 2.75) is 199 Å². The van der Waals surface area contributed by atoms with Crippen molar-refractivity contribution in [2.75, 3.05) is 6.61 Å². The van der Waals surface area contributed by atoms with Crippen molar-refractivity contribution >= 4 is 220 Å². The summed E-state index contributed by atoms with van der Waals surface area (Å²) in [7, 11) is -0.385. The first kappa shape index (κ1) is 120. The minimum Gasteiger partial charge on any atom is -1.00 e. The van der Waals surface area contributed by atoms with Gasteiger partial charge in [-0.25, -0.2) is 43.2 Å². The highest BCUT2D eigenvalue weighted by atomic mass is 79.9. The number of carboxylic acid groups (broad SMARTS) is 2. The summed E-state index contributed by atoms with van der Waals surface area (Å²) in [4.78, 5) is 124. The Hall–Kier alpha value is -11.9. The minimum atomic E-state index is -1.14. The monoisotopic (exact) mass is 2590 g/mol. The molecule has 9 aromatic rings. The van der Waals surface area contributed by atoms with Crippen molar-refractivity contribution in [3.05, 3.63) is 289 Å². The number of aromatic carboxylic acids is 1. The Morgan fingerprint density at radius 1 is 0.513 bits per heavy atom. The van der Waals surface area contributed by atoms with Gasteiger partial charge in [0.15, 0.2) is 10.8 Å². The largest absolute Gasteiger partial charge is 1.00 e. The summed E-state index contributed by atoms with van der Waals surface area (Å²) in [6.45, 7) is 35.2. The van der Waals surface area contributed by atoms with Crippen molar-refractivity contribution in [1.82, 2.24) is 0 Å². The molecular weight excluding hydrogens is 2480 g/mol. The third kappa shape index (κ3) is 34.8. The van der Waals surface area contributed by atoms with Gasteiger partial charge in [0, 0.05) is 104 Å². The van der Waals surface area contributed by atoms with Gasteiger partial charge in [-0.1, -0.05) is 169 Å². The highest BCUT2D eigenvalue weighted by Crippen LogP contribution is 2.66. The van der Waals surface area contributed by atoms with E-state index in [1.165, 1.54) is 24.8 Å². The molecule has 5 N–H and O–H groups in total. The zero-order valence-corrected chi connectivity index (χ0v) is 97.0. The van der Waals surface area contributed by atoms with Gasteiger partial charge in [0.2, 0.25) is 28.9 Å². The highest BCUT2D eigenvalue weighted by molar-refractivity contribution is 9.12. The third-order valence-electron chi connectivity index (χ3n) is 22.0. The Bertz CT molecular complexity index is 6500. The first-order valence-electron chi connectivity index (χ1n) is 47.9.